The molecule has 0 aromatic carbocycles. The minimum atomic E-state index is -5.28. The highest BCUT2D eigenvalue weighted by molar-refractivity contribution is 7.84. The second-order valence-corrected chi connectivity index (χ2v) is 7.54. The highest BCUT2D eigenvalue weighted by Crippen LogP contribution is 2.24. The molecule has 1 aliphatic heterocycles. The van der Waals surface area contributed by atoms with Crippen LogP contribution in [0.4, 0.5) is 9.93 Å². The molecule has 1 aliphatic rings. The normalized spacial score (nSPS) is 19.0. The van der Waals surface area contributed by atoms with E-state index in [0.29, 0.717) is 0 Å². The fourth-order valence-electron chi connectivity index (χ4n) is 2.24. The van der Waals surface area contributed by atoms with Crippen molar-refractivity contribution in [1.29, 1.82) is 0 Å². The Bertz CT molecular complexity index is 1000. The van der Waals surface area contributed by atoms with Crippen molar-refractivity contribution in [1.82, 2.24) is 14.6 Å². The van der Waals surface area contributed by atoms with Gasteiger partial charge >= 0.3 is 6.09 Å². The predicted molar refractivity (Wildman–Crippen MR) is 91.8 cm³/mol. The summed E-state index contributed by atoms with van der Waals surface area (Å²) in [4.78, 5) is 54.0. The van der Waals surface area contributed by atoms with Gasteiger partial charge < -0.3 is 40.8 Å². The van der Waals surface area contributed by atoms with Gasteiger partial charge in [0.05, 0.1) is 5.97 Å². The van der Waals surface area contributed by atoms with Crippen molar-refractivity contribution in [3.05, 3.63) is 11.1 Å². The van der Waals surface area contributed by atoms with Crippen molar-refractivity contribution < 1.29 is 46.8 Å². The Morgan fingerprint density at radius 1 is 1.40 bits per heavy atom. The van der Waals surface area contributed by atoms with Crippen molar-refractivity contribution in [3.63, 3.8) is 0 Å². The number of aliphatic carboxylic acids is 1. The number of carboxylic acid groups (broad SMARTS) is 1. The molecule has 1 fully saturated rings. The van der Waals surface area contributed by atoms with Crippen molar-refractivity contribution in [2.45, 2.75) is 12.1 Å². The van der Waals surface area contributed by atoms with Gasteiger partial charge in [-0.1, -0.05) is 5.16 Å². The first-order chi connectivity index (χ1) is 13.9. The summed E-state index contributed by atoms with van der Waals surface area (Å²) in [7, 11) is -5.28. The number of rotatable bonds is 9. The third-order valence-corrected chi connectivity index (χ3v) is 5.02. The molecule has 3 amide bonds. The van der Waals surface area contributed by atoms with Crippen LogP contribution in [0.3, 0.4) is 0 Å². The van der Waals surface area contributed by atoms with E-state index in [1.807, 2.05) is 0 Å². The van der Waals surface area contributed by atoms with E-state index >= 15 is 0 Å². The van der Waals surface area contributed by atoms with Crippen LogP contribution in [0.25, 0.3) is 0 Å². The first-order valence-electron chi connectivity index (χ1n) is 7.55. The number of hydrogen-bond acceptors (Lipinski definition) is 14. The lowest BCUT2D eigenvalue weighted by Crippen LogP contribution is -2.73. The molecule has 0 saturated carbocycles. The number of carbonyl (C=O) groups is 4. The minimum absolute atomic E-state index is 0.0153. The molecule has 0 spiro atoms. The summed E-state index contributed by atoms with van der Waals surface area (Å²) in [6, 6.07) is -3.20. The molecule has 2 rings (SSSR count). The van der Waals surface area contributed by atoms with Crippen LogP contribution in [0.1, 0.15) is 5.69 Å². The monoisotopic (exact) mass is 464 g/mol. The number of nitrogens with two attached hydrogens (primary N) is 2. The van der Waals surface area contributed by atoms with Gasteiger partial charge in [0.15, 0.2) is 27.8 Å². The number of nitrogen functional groups attached to an aromatic ring is 1. The van der Waals surface area contributed by atoms with Crippen molar-refractivity contribution in [2.24, 2.45) is 10.9 Å². The molecule has 2 heterocycles. The molecule has 18 heteroatoms. The number of aromatic nitrogens is 1. The van der Waals surface area contributed by atoms with Crippen molar-refractivity contribution in [3.8, 4) is 0 Å². The summed E-state index contributed by atoms with van der Waals surface area (Å²) in [6.07, 6.45) is -1.32. The Morgan fingerprint density at radius 2 is 2.07 bits per heavy atom. The zero-order valence-electron chi connectivity index (χ0n) is 14.5. The number of ether oxygens (including phenoxy) is 1. The second-order valence-electron chi connectivity index (χ2n) is 5.40. The smallest absolute Gasteiger partial charge is 0.404 e. The largest absolute Gasteiger partial charge is 0.731 e. The molecular weight excluding hydrogens is 452 g/mol. The van der Waals surface area contributed by atoms with Crippen molar-refractivity contribution >= 4 is 56.4 Å². The van der Waals surface area contributed by atoms with E-state index in [0.717, 1.165) is 11.3 Å². The molecule has 0 radical (unpaired) electrons. The number of carboxylic acids is 1. The van der Waals surface area contributed by atoms with Crippen LogP contribution < -0.4 is 21.9 Å². The van der Waals surface area contributed by atoms with E-state index in [9.17, 15) is 37.3 Å². The van der Waals surface area contributed by atoms with Crippen LogP contribution in [-0.2, 0) is 34.3 Å². The molecule has 2 atom stereocenters. The van der Waals surface area contributed by atoms with E-state index in [1.165, 1.54) is 5.38 Å². The molecule has 30 heavy (non-hydrogen) atoms. The van der Waals surface area contributed by atoms with Gasteiger partial charge in [-0.2, -0.15) is 0 Å². The lowest BCUT2D eigenvalue weighted by molar-refractivity contribution is -0.309. The first kappa shape index (κ1) is 22.8. The lowest BCUT2D eigenvalue weighted by Gasteiger charge is -2.46. The van der Waals surface area contributed by atoms with Gasteiger partial charge in [-0.05, 0) is 0 Å². The predicted octanol–water partition coefficient (Wildman–Crippen LogP) is -4.55. The maximum atomic E-state index is 12.5. The SMILES string of the molecule is NC(=O)OC[C@@H]1[C@H](NC(=O)/C(=N\OCC(=O)[O-])c2csc(N)n2)C(=O)N1S(=O)(=O)[O-]. The number of nitrogens with one attached hydrogen (secondary N) is 1. The van der Waals surface area contributed by atoms with Gasteiger partial charge in [-0.15, -0.1) is 11.3 Å². The number of nitrogens with zero attached hydrogens (tertiary/aromatic N) is 3. The van der Waals surface area contributed by atoms with Gasteiger partial charge in [0.1, 0.15) is 24.4 Å². The molecule has 5 N–H and O–H groups in total. The van der Waals surface area contributed by atoms with Gasteiger partial charge in [-0.25, -0.2) is 22.5 Å². The van der Waals surface area contributed by atoms with Crippen LogP contribution in [0.5, 0.6) is 0 Å². The highest BCUT2D eigenvalue weighted by atomic mass is 32.2. The first-order valence-corrected chi connectivity index (χ1v) is 9.79. The highest BCUT2D eigenvalue weighted by Gasteiger charge is 2.52. The molecule has 1 saturated heterocycles. The van der Waals surface area contributed by atoms with Crippen LogP contribution in [0, 0.1) is 0 Å². The molecule has 1 aromatic rings. The standard InChI is InChI=1S/C12H14N6O10S2/c13-11-15-4(3-29-11)7(17-28-2-6(19)20)9(21)16-8-5(1-27-12(14)23)18(10(8)22)30(24,25)26/h3,5,8H,1-2H2,(H2,13,15)(H2,14,23)(H,16,21)(H,19,20)(H,24,25,26)/p-2/b17-7-/t5-,8+/m1/s1. The molecule has 164 valence electrons. The number of thiazole rings is 1. The number of hydrogen-bond donors (Lipinski definition) is 3. The Morgan fingerprint density at radius 3 is 2.57 bits per heavy atom. The summed E-state index contributed by atoms with van der Waals surface area (Å²) in [5.41, 5.74) is 9.47. The molecular formula is C12H12N6O10S2-2. The molecule has 0 unspecified atom stereocenters. The number of carbonyl (C=O) groups excluding carboxylic acids is 4. The number of primary amides is 1. The maximum absolute atomic E-state index is 12.5. The van der Waals surface area contributed by atoms with E-state index in [4.69, 9.17) is 11.5 Å². The molecule has 0 aliphatic carbocycles. The van der Waals surface area contributed by atoms with Crippen LogP contribution >= 0.6 is 11.3 Å². The van der Waals surface area contributed by atoms with Crippen LogP contribution in [-0.4, -0.2) is 77.1 Å². The Balaban J connectivity index is 2.24. The maximum Gasteiger partial charge on any atom is 0.404 e. The fourth-order valence-corrected chi connectivity index (χ4v) is 3.64. The minimum Gasteiger partial charge on any atom is -0.731 e. The van der Waals surface area contributed by atoms with E-state index in [1.54, 1.807) is 0 Å². The third-order valence-electron chi connectivity index (χ3n) is 3.41. The number of β-lactam (4-membered cyclic amide) rings is 1. The number of oxime groups is 1. The van der Waals surface area contributed by atoms with E-state index in [-0.39, 0.29) is 15.1 Å². The van der Waals surface area contributed by atoms with E-state index < -0.39 is 65.2 Å². The van der Waals surface area contributed by atoms with Crippen molar-refractivity contribution in [2.75, 3.05) is 18.9 Å². The van der Waals surface area contributed by atoms with E-state index in [2.05, 4.69) is 25.0 Å². The zero-order chi connectivity index (χ0) is 22.6. The van der Waals surface area contributed by atoms with Gasteiger partial charge in [-0.3, -0.25) is 9.59 Å². The number of anilines is 1. The Hall–Kier alpha value is -3.51. The number of amides is 3. The molecule has 1 aromatic heterocycles. The van der Waals surface area contributed by atoms with Gasteiger partial charge in [0.25, 0.3) is 11.8 Å². The second kappa shape index (κ2) is 8.88. The summed E-state index contributed by atoms with van der Waals surface area (Å²) in [5.74, 6) is -4.13. The summed E-state index contributed by atoms with van der Waals surface area (Å²) >= 11 is 0.899. The average molecular weight is 464 g/mol. The lowest BCUT2D eigenvalue weighted by atomic mass is 9.99. The summed E-state index contributed by atoms with van der Waals surface area (Å²) in [6.45, 7) is -1.83. The summed E-state index contributed by atoms with van der Waals surface area (Å²) < 4.78 is 37.9. The van der Waals surface area contributed by atoms with Gasteiger partial charge in [0, 0.05) is 5.38 Å². The zero-order valence-corrected chi connectivity index (χ0v) is 16.2. The quantitative estimate of drug-likeness (QED) is 0.135. The van der Waals surface area contributed by atoms with Crippen LogP contribution in [0.2, 0.25) is 0 Å². The molecule has 16 nitrogen and oxygen atoms in total. The fraction of sp³-hybridized carbons (Fsp3) is 0.333. The van der Waals surface area contributed by atoms with Gasteiger partial charge in [0.2, 0.25) is 0 Å². The average Bonchev–Trinajstić information content (AvgIpc) is 3.04. The Kier molecular flexibility index (Phi) is 6.74. The third kappa shape index (κ3) is 5.30. The van der Waals surface area contributed by atoms with Crippen LogP contribution in [0.15, 0.2) is 10.5 Å². The molecule has 0 bridgehead atoms. The summed E-state index contributed by atoms with van der Waals surface area (Å²) in [5, 5.41) is 17.1. The topological polar surface area (TPSA) is 260 Å². The Labute approximate surface area is 171 Å².